The average molecular weight is 757 g/mol. The van der Waals surface area contributed by atoms with Gasteiger partial charge in [-0.05, 0) is 75.9 Å². The molecule has 2 amide bonds. The monoisotopic (exact) mass is 756 g/mol. The lowest BCUT2D eigenvalue weighted by Gasteiger charge is -2.51. The van der Waals surface area contributed by atoms with Gasteiger partial charge in [-0.1, -0.05) is 11.6 Å². The molecule has 8 rings (SSSR count). The highest BCUT2D eigenvalue weighted by Crippen LogP contribution is 2.39. The molecule has 2 aromatic carbocycles. The Balaban J connectivity index is 1.01. The summed E-state index contributed by atoms with van der Waals surface area (Å²) in [6.07, 6.45) is 4.43. The minimum Gasteiger partial charge on any atom is -0.390 e. The molecule has 3 aliphatic rings. The number of halogens is 1. The molecule has 0 aliphatic carbocycles. The fraction of sp³-hybridized carbons (Fsp3) is 0.474. The molecule has 284 valence electrons. The maximum Gasteiger partial charge on any atom is 0.328 e. The first-order chi connectivity index (χ1) is 25.8. The van der Waals surface area contributed by atoms with Crippen LogP contribution < -0.4 is 26.1 Å². The molecule has 3 aliphatic heterocycles. The number of carbonyl (C=O) groups is 2. The molecule has 3 aromatic heterocycles. The molecule has 3 unspecified atom stereocenters. The molecule has 3 atom stereocenters. The molecule has 5 aromatic rings. The minimum absolute atomic E-state index is 0.113. The average Bonchev–Trinajstić information content (AvgIpc) is 3.57. The predicted molar refractivity (Wildman–Crippen MR) is 207 cm³/mol. The van der Waals surface area contributed by atoms with E-state index in [1.54, 1.807) is 36.2 Å². The Bertz CT molecular complexity index is 2330. The summed E-state index contributed by atoms with van der Waals surface area (Å²) in [5.41, 5.74) is 3.91. The van der Waals surface area contributed by atoms with Gasteiger partial charge in [0, 0.05) is 56.9 Å². The van der Waals surface area contributed by atoms with Crippen molar-refractivity contribution >= 4 is 68.5 Å². The van der Waals surface area contributed by atoms with Gasteiger partial charge in [0.15, 0.2) is 5.82 Å². The van der Waals surface area contributed by atoms with Crippen LogP contribution >= 0.6 is 11.6 Å². The number of carbonyl (C=O) groups excluding carboxylic acids is 2. The van der Waals surface area contributed by atoms with E-state index in [1.807, 2.05) is 43.0 Å². The van der Waals surface area contributed by atoms with Crippen LogP contribution in [0.3, 0.4) is 0 Å². The van der Waals surface area contributed by atoms with E-state index < -0.39 is 11.5 Å². The van der Waals surface area contributed by atoms with Gasteiger partial charge in [0.2, 0.25) is 17.8 Å². The van der Waals surface area contributed by atoms with Gasteiger partial charge in [-0.3, -0.25) is 28.7 Å². The Labute approximate surface area is 316 Å². The summed E-state index contributed by atoms with van der Waals surface area (Å²) in [4.78, 5) is 51.6. The molecule has 54 heavy (non-hydrogen) atoms. The van der Waals surface area contributed by atoms with Gasteiger partial charge in [-0.25, -0.2) is 9.78 Å². The van der Waals surface area contributed by atoms with E-state index in [-0.39, 0.29) is 35.6 Å². The van der Waals surface area contributed by atoms with Crippen molar-refractivity contribution in [1.82, 2.24) is 34.2 Å². The summed E-state index contributed by atoms with van der Waals surface area (Å²) in [7, 11) is 5.65. The number of aliphatic hydroxyl groups is 1. The largest absolute Gasteiger partial charge is 0.390 e. The van der Waals surface area contributed by atoms with Crippen molar-refractivity contribution < 1.29 is 19.4 Å². The normalized spacial score (nSPS) is 21.9. The van der Waals surface area contributed by atoms with Crippen LogP contribution in [0.4, 0.5) is 23.1 Å². The molecule has 2 bridgehead atoms. The number of aryl methyl sites for hydroxylation is 3. The Hall–Kier alpha value is -4.99. The lowest BCUT2D eigenvalue weighted by molar-refractivity contribution is -0.134. The lowest BCUT2D eigenvalue weighted by atomic mass is 9.88. The molecule has 3 saturated heterocycles. The maximum atomic E-state index is 13.1. The number of fused-ring (bicyclic) bond motifs is 4. The zero-order valence-electron chi connectivity index (χ0n) is 31.0. The highest BCUT2D eigenvalue weighted by molar-refractivity contribution is 6.33. The minimum atomic E-state index is -0.907. The summed E-state index contributed by atoms with van der Waals surface area (Å²) in [6, 6.07) is 12.3. The van der Waals surface area contributed by atoms with Crippen LogP contribution in [0.15, 0.2) is 47.4 Å². The van der Waals surface area contributed by atoms with E-state index in [9.17, 15) is 19.5 Å². The first-order valence-corrected chi connectivity index (χ1v) is 18.7. The summed E-state index contributed by atoms with van der Waals surface area (Å²) in [5, 5.41) is 22.1. The van der Waals surface area contributed by atoms with E-state index in [4.69, 9.17) is 26.4 Å². The molecule has 16 heteroatoms. The Morgan fingerprint density at radius 1 is 1.06 bits per heavy atom. The molecule has 3 fully saturated rings. The number of morpholine rings is 1. The van der Waals surface area contributed by atoms with Gasteiger partial charge in [0.25, 0.3) is 0 Å². The highest BCUT2D eigenvalue weighted by atomic mass is 35.5. The summed E-state index contributed by atoms with van der Waals surface area (Å²) in [5.74, 6) is 0.0108. The lowest BCUT2D eigenvalue weighted by Crippen LogP contribution is -2.61. The SMILES string of the molecule is CN(c1ncc(Cl)c(Nc2ccc3c(c2)n(CCC(C)(C)O)c(=O)n3C)n1)C1CC2COCC(C1)N2c1ccc2c(C3CCC(=O)NC3=O)nn(C)c2c1. The molecule has 0 saturated carbocycles. The maximum absolute atomic E-state index is 13.1. The zero-order valence-corrected chi connectivity index (χ0v) is 31.8. The number of anilines is 4. The number of hydrogen-bond donors (Lipinski definition) is 3. The number of rotatable bonds is 9. The van der Waals surface area contributed by atoms with E-state index in [0.717, 1.165) is 40.5 Å². The first-order valence-electron chi connectivity index (χ1n) is 18.4. The van der Waals surface area contributed by atoms with Gasteiger partial charge in [-0.2, -0.15) is 10.1 Å². The van der Waals surface area contributed by atoms with Crippen molar-refractivity contribution in [2.45, 2.75) is 82.1 Å². The van der Waals surface area contributed by atoms with Crippen LogP contribution in [0, 0.1) is 0 Å². The van der Waals surface area contributed by atoms with Gasteiger partial charge >= 0.3 is 5.69 Å². The van der Waals surface area contributed by atoms with Crippen molar-refractivity contribution in [3.05, 3.63) is 63.8 Å². The number of imidazole rings is 1. The number of nitrogens with zero attached hydrogens (tertiary/aromatic N) is 8. The second-order valence-corrected chi connectivity index (χ2v) is 15.9. The molecule has 3 N–H and O–H groups in total. The van der Waals surface area contributed by atoms with E-state index in [2.05, 4.69) is 37.6 Å². The summed E-state index contributed by atoms with van der Waals surface area (Å²) < 4.78 is 11.2. The number of benzene rings is 2. The quantitative estimate of drug-likeness (QED) is 0.187. The molecular formula is C38H45ClN10O5. The number of imide groups is 1. The fourth-order valence-electron chi connectivity index (χ4n) is 8.28. The van der Waals surface area contributed by atoms with Crippen LogP contribution in [-0.2, 0) is 35.0 Å². The molecule has 0 spiro atoms. The van der Waals surface area contributed by atoms with Gasteiger partial charge in [0.1, 0.15) is 5.02 Å². The predicted octanol–water partition coefficient (Wildman–Crippen LogP) is 3.97. The van der Waals surface area contributed by atoms with E-state index in [1.165, 1.54) is 0 Å². The molecular weight excluding hydrogens is 712 g/mol. The van der Waals surface area contributed by atoms with Crippen LogP contribution in [0.5, 0.6) is 0 Å². The van der Waals surface area contributed by atoms with Gasteiger partial charge in [-0.15, -0.1) is 0 Å². The third kappa shape index (κ3) is 6.58. The van der Waals surface area contributed by atoms with Crippen molar-refractivity contribution in [3.8, 4) is 0 Å². The Morgan fingerprint density at radius 3 is 2.54 bits per heavy atom. The standard InChI is InChI=1S/C38H45ClN10O5/c1-38(2,53)12-13-48-31-14-21(6-10-29(31)46(4)37(48)52)41-34-28(39)18-40-36(43-34)45(3)23-15-24-19-54-20-25(16-23)49(24)22-7-8-26-30(17-22)47(5)44-33(26)27-9-11-32(50)42-35(27)51/h6-8,10,14,17-18,23-25,27,53H,9,11-13,15-16,19-20H2,1-5H3,(H,40,41,43)(H,42,50,51). The van der Waals surface area contributed by atoms with Crippen molar-refractivity contribution in [3.63, 3.8) is 0 Å². The number of aromatic nitrogens is 6. The van der Waals surface area contributed by atoms with Crippen molar-refractivity contribution in [2.24, 2.45) is 14.1 Å². The first kappa shape index (κ1) is 36.0. The van der Waals surface area contributed by atoms with Gasteiger partial charge in [0.05, 0.1) is 65.3 Å². The van der Waals surface area contributed by atoms with Gasteiger partial charge < -0.3 is 25.0 Å². The zero-order chi connectivity index (χ0) is 38.1. The molecule has 15 nitrogen and oxygen atoms in total. The fourth-order valence-corrected chi connectivity index (χ4v) is 8.41. The number of hydrogen-bond acceptors (Lipinski definition) is 11. The number of piperidine rings is 2. The topological polar surface area (TPSA) is 165 Å². The van der Waals surface area contributed by atoms with E-state index >= 15 is 0 Å². The third-order valence-electron chi connectivity index (χ3n) is 11.2. The van der Waals surface area contributed by atoms with Crippen LogP contribution in [-0.4, -0.2) is 89.8 Å². The highest BCUT2D eigenvalue weighted by Gasteiger charge is 2.41. The summed E-state index contributed by atoms with van der Waals surface area (Å²) >= 11 is 6.64. The Morgan fingerprint density at radius 2 is 1.81 bits per heavy atom. The number of amides is 2. The Kier molecular flexibility index (Phi) is 9.13. The van der Waals surface area contributed by atoms with Crippen LogP contribution in [0.1, 0.15) is 57.6 Å². The van der Waals surface area contributed by atoms with Crippen LogP contribution in [0.2, 0.25) is 5.02 Å². The smallest absolute Gasteiger partial charge is 0.328 e. The molecule has 6 heterocycles. The second-order valence-electron chi connectivity index (χ2n) is 15.5. The van der Waals surface area contributed by atoms with Crippen LogP contribution in [0.25, 0.3) is 21.9 Å². The number of ether oxygens (including phenoxy) is 1. The third-order valence-corrected chi connectivity index (χ3v) is 11.5. The molecule has 0 radical (unpaired) electrons. The van der Waals surface area contributed by atoms with E-state index in [0.29, 0.717) is 67.2 Å². The van der Waals surface area contributed by atoms with Crippen molar-refractivity contribution in [1.29, 1.82) is 0 Å². The second kappa shape index (κ2) is 13.7. The summed E-state index contributed by atoms with van der Waals surface area (Å²) in [6.45, 7) is 5.02. The van der Waals surface area contributed by atoms with Crippen molar-refractivity contribution in [2.75, 3.05) is 35.4 Å². The number of nitrogens with one attached hydrogen (secondary N) is 2.